The first-order valence-electron chi connectivity index (χ1n) is 9.63. The molecule has 1 aliphatic heterocycles. The number of aromatic nitrogens is 2. The summed E-state index contributed by atoms with van der Waals surface area (Å²) in [6, 6.07) is 10.8. The molecule has 5 nitrogen and oxygen atoms in total. The van der Waals surface area contributed by atoms with E-state index in [1.165, 1.54) is 11.1 Å². The van der Waals surface area contributed by atoms with Crippen molar-refractivity contribution in [1.29, 1.82) is 0 Å². The average molecular weight is 353 g/mol. The van der Waals surface area contributed by atoms with Crippen molar-refractivity contribution in [3.8, 4) is 0 Å². The molecule has 2 atom stereocenters. The van der Waals surface area contributed by atoms with Crippen molar-refractivity contribution in [3.63, 3.8) is 0 Å². The fourth-order valence-corrected chi connectivity index (χ4v) is 4.34. The molecule has 4 rings (SSSR count). The summed E-state index contributed by atoms with van der Waals surface area (Å²) in [6.45, 7) is 3.26. The van der Waals surface area contributed by atoms with Gasteiger partial charge in [-0.15, -0.1) is 0 Å². The van der Waals surface area contributed by atoms with Crippen LogP contribution in [0.4, 0.5) is 0 Å². The van der Waals surface area contributed by atoms with E-state index in [2.05, 4.69) is 35.4 Å². The first kappa shape index (κ1) is 17.3. The average Bonchev–Trinajstić information content (AvgIpc) is 3.28. The monoisotopic (exact) mass is 353 g/mol. The number of hydrogen-bond donors (Lipinski definition) is 0. The maximum Gasteiger partial charge on any atom is 0.252 e. The Bertz CT molecular complexity index is 792. The highest BCUT2D eigenvalue weighted by molar-refractivity contribution is 5.81. The van der Waals surface area contributed by atoms with Gasteiger partial charge in [0.2, 0.25) is 0 Å². The van der Waals surface area contributed by atoms with Crippen molar-refractivity contribution in [2.75, 3.05) is 6.61 Å². The summed E-state index contributed by atoms with van der Waals surface area (Å²) in [7, 11) is 1.95. The summed E-state index contributed by atoms with van der Waals surface area (Å²) < 4.78 is 7.62. The zero-order chi connectivity index (χ0) is 18.1. The highest BCUT2D eigenvalue weighted by Gasteiger charge is 2.35. The molecule has 5 heteroatoms. The van der Waals surface area contributed by atoms with E-state index in [1.54, 1.807) is 0 Å². The Morgan fingerprint density at radius 3 is 2.88 bits per heavy atom. The molecule has 2 aromatic rings. The van der Waals surface area contributed by atoms with Crippen LogP contribution in [0.3, 0.4) is 0 Å². The maximum atomic E-state index is 13.3. The van der Waals surface area contributed by atoms with Crippen LogP contribution >= 0.6 is 0 Å². The third kappa shape index (κ3) is 3.28. The summed E-state index contributed by atoms with van der Waals surface area (Å²) in [4.78, 5) is 15.4. The summed E-state index contributed by atoms with van der Waals surface area (Å²) in [5.41, 5.74) is 4.71. The topological polar surface area (TPSA) is 47.4 Å². The van der Waals surface area contributed by atoms with Crippen LogP contribution in [0.5, 0.6) is 0 Å². The van der Waals surface area contributed by atoms with Gasteiger partial charge in [-0.2, -0.15) is 5.10 Å². The molecule has 0 radical (unpaired) electrons. The molecule has 0 bridgehead atoms. The van der Waals surface area contributed by atoms with Crippen LogP contribution in [0.15, 0.2) is 30.3 Å². The number of carbonyl (C=O) groups excluding carboxylic acids is 1. The Labute approximate surface area is 154 Å². The Morgan fingerprint density at radius 1 is 1.31 bits per heavy atom. The van der Waals surface area contributed by atoms with Gasteiger partial charge >= 0.3 is 0 Å². The Morgan fingerprint density at radius 2 is 2.15 bits per heavy atom. The molecule has 0 N–H and O–H groups in total. The lowest BCUT2D eigenvalue weighted by Crippen LogP contribution is -2.42. The van der Waals surface area contributed by atoms with Gasteiger partial charge in [0.1, 0.15) is 6.10 Å². The van der Waals surface area contributed by atoms with Gasteiger partial charge in [-0.3, -0.25) is 9.48 Å². The van der Waals surface area contributed by atoms with E-state index in [0.29, 0.717) is 13.2 Å². The quantitative estimate of drug-likeness (QED) is 0.847. The number of ether oxygens (including phenoxy) is 1. The largest absolute Gasteiger partial charge is 0.368 e. The van der Waals surface area contributed by atoms with Crippen LogP contribution in [-0.2, 0) is 29.5 Å². The summed E-state index contributed by atoms with van der Waals surface area (Å²) in [5, 5.41) is 4.46. The van der Waals surface area contributed by atoms with Crippen LogP contribution in [0, 0.1) is 6.92 Å². The van der Waals surface area contributed by atoms with Crippen molar-refractivity contribution in [2.45, 2.75) is 57.7 Å². The highest BCUT2D eigenvalue weighted by Crippen LogP contribution is 2.36. The molecular weight excluding hydrogens is 326 g/mol. The third-order valence-corrected chi connectivity index (χ3v) is 5.63. The SMILES string of the molecule is Cc1cc(CN(C(=O)[C@@H]2CCCO2)[C@H]2CCCc3ccccc32)n(C)n1. The van der Waals surface area contributed by atoms with E-state index in [9.17, 15) is 4.79 Å². The van der Waals surface area contributed by atoms with Crippen molar-refractivity contribution in [1.82, 2.24) is 14.7 Å². The lowest BCUT2D eigenvalue weighted by atomic mass is 9.86. The van der Waals surface area contributed by atoms with Gasteiger partial charge < -0.3 is 9.64 Å². The van der Waals surface area contributed by atoms with Crippen molar-refractivity contribution in [2.24, 2.45) is 7.05 Å². The molecule has 26 heavy (non-hydrogen) atoms. The van der Waals surface area contributed by atoms with E-state index in [-0.39, 0.29) is 18.1 Å². The molecule has 138 valence electrons. The van der Waals surface area contributed by atoms with Crippen molar-refractivity contribution in [3.05, 3.63) is 52.8 Å². The van der Waals surface area contributed by atoms with E-state index in [1.807, 2.05) is 23.6 Å². The van der Waals surface area contributed by atoms with E-state index >= 15 is 0 Å². The number of aryl methyl sites for hydroxylation is 3. The van der Waals surface area contributed by atoms with Gasteiger partial charge in [-0.05, 0) is 56.2 Å². The second kappa shape index (κ2) is 7.23. The van der Waals surface area contributed by atoms with Gasteiger partial charge in [0.25, 0.3) is 5.91 Å². The standard InChI is InChI=1S/C21H27N3O2/c1-15-13-17(23(2)22-15)14-24(21(25)20-11-6-12-26-20)19-10-5-8-16-7-3-4-9-18(16)19/h3-4,7,9,13,19-20H,5-6,8,10-12,14H2,1-2H3/t19-,20-/m0/s1. The fourth-order valence-electron chi connectivity index (χ4n) is 4.34. The molecule has 1 fully saturated rings. The Kier molecular flexibility index (Phi) is 4.81. The zero-order valence-corrected chi connectivity index (χ0v) is 15.6. The first-order chi connectivity index (χ1) is 12.6. The molecule has 1 aromatic heterocycles. The first-order valence-corrected chi connectivity index (χ1v) is 9.63. The van der Waals surface area contributed by atoms with E-state index in [0.717, 1.165) is 43.5 Å². The summed E-state index contributed by atoms with van der Waals surface area (Å²) >= 11 is 0. The molecule has 0 saturated carbocycles. The lowest BCUT2D eigenvalue weighted by molar-refractivity contribution is -0.144. The van der Waals surface area contributed by atoms with Gasteiger partial charge in [-0.1, -0.05) is 24.3 Å². The molecule has 0 spiro atoms. The van der Waals surface area contributed by atoms with Crippen molar-refractivity contribution >= 4 is 5.91 Å². The molecule has 1 saturated heterocycles. The second-order valence-corrected chi connectivity index (χ2v) is 7.48. The summed E-state index contributed by atoms with van der Waals surface area (Å²) in [5.74, 6) is 0.128. The molecular formula is C21H27N3O2. The number of nitrogens with zero attached hydrogens (tertiary/aromatic N) is 3. The number of carbonyl (C=O) groups is 1. The number of hydrogen-bond acceptors (Lipinski definition) is 3. The minimum absolute atomic E-state index is 0.117. The number of fused-ring (bicyclic) bond motifs is 1. The molecule has 2 heterocycles. The Balaban J connectivity index is 1.68. The predicted octanol–water partition coefficient (Wildman–Crippen LogP) is 3.31. The maximum absolute atomic E-state index is 13.3. The minimum Gasteiger partial charge on any atom is -0.368 e. The second-order valence-electron chi connectivity index (χ2n) is 7.48. The number of amides is 1. The predicted molar refractivity (Wildman–Crippen MR) is 99.6 cm³/mol. The van der Waals surface area contributed by atoms with Gasteiger partial charge in [-0.25, -0.2) is 0 Å². The van der Waals surface area contributed by atoms with Crippen LogP contribution in [0.2, 0.25) is 0 Å². The van der Waals surface area contributed by atoms with Crippen LogP contribution in [0.1, 0.15) is 54.2 Å². The summed E-state index contributed by atoms with van der Waals surface area (Å²) in [6.07, 6.45) is 4.72. The molecule has 1 aliphatic carbocycles. The highest BCUT2D eigenvalue weighted by atomic mass is 16.5. The van der Waals surface area contributed by atoms with Crippen molar-refractivity contribution < 1.29 is 9.53 Å². The number of rotatable bonds is 4. The number of benzene rings is 1. The van der Waals surface area contributed by atoms with Gasteiger partial charge in [0.15, 0.2) is 0 Å². The van der Waals surface area contributed by atoms with Gasteiger partial charge in [0, 0.05) is 13.7 Å². The van der Waals surface area contributed by atoms with Crippen LogP contribution in [-0.4, -0.2) is 33.3 Å². The van der Waals surface area contributed by atoms with Crippen LogP contribution in [0.25, 0.3) is 0 Å². The molecule has 1 amide bonds. The lowest BCUT2D eigenvalue weighted by Gasteiger charge is -2.37. The van der Waals surface area contributed by atoms with Gasteiger partial charge in [0.05, 0.1) is 24.0 Å². The Hall–Kier alpha value is -2.14. The molecule has 0 unspecified atom stereocenters. The van der Waals surface area contributed by atoms with Crippen LogP contribution < -0.4 is 0 Å². The smallest absolute Gasteiger partial charge is 0.252 e. The third-order valence-electron chi connectivity index (χ3n) is 5.63. The zero-order valence-electron chi connectivity index (χ0n) is 15.6. The molecule has 2 aliphatic rings. The normalized spacial score (nSPS) is 22.2. The van der Waals surface area contributed by atoms with E-state index in [4.69, 9.17) is 4.74 Å². The molecule has 1 aromatic carbocycles. The minimum atomic E-state index is -0.293. The fraction of sp³-hybridized carbons (Fsp3) is 0.524. The van der Waals surface area contributed by atoms with E-state index < -0.39 is 0 Å².